The number of amides is 1. The number of nitrogens with zero attached hydrogens (tertiary/aromatic N) is 3. The molecule has 2 aromatic rings. The monoisotopic (exact) mass is 396 g/mol. The smallest absolute Gasteiger partial charge is 0.320 e. The van der Waals surface area contributed by atoms with Crippen molar-refractivity contribution >= 4 is 45.8 Å². The highest BCUT2D eigenvalue weighted by Crippen LogP contribution is 2.40. The van der Waals surface area contributed by atoms with Gasteiger partial charge in [0.2, 0.25) is 0 Å². The molecule has 1 aliphatic rings. The van der Waals surface area contributed by atoms with Gasteiger partial charge in [0.25, 0.3) is 0 Å². The molecule has 0 atom stereocenters. The van der Waals surface area contributed by atoms with Crippen molar-refractivity contribution in [3.8, 4) is 0 Å². The number of imidazole rings is 1. The molecule has 0 aliphatic carbocycles. The molecular weight excluding hydrogens is 387 g/mol. The van der Waals surface area contributed by atoms with Crippen LogP contribution in [0.3, 0.4) is 0 Å². The molecule has 1 aromatic carbocycles. The number of nitro groups is 1. The number of aryl methyl sites for hydroxylation is 1. The maximum atomic E-state index is 12.4. The number of H-pyrrole nitrogens is 1. The van der Waals surface area contributed by atoms with E-state index in [1.165, 1.54) is 6.33 Å². The number of halogens is 1. The Morgan fingerprint density at radius 3 is 2.86 bits per heavy atom. The van der Waals surface area contributed by atoms with Gasteiger partial charge in [0.15, 0.2) is 5.03 Å². The summed E-state index contributed by atoms with van der Waals surface area (Å²) in [6, 6.07) is 5.06. The summed E-state index contributed by atoms with van der Waals surface area (Å²) in [5, 5.41) is 11.0. The molecule has 1 N–H and O–H groups in total. The average Bonchev–Trinajstić information content (AvgIpc) is 2.94. The molecule has 8 heteroatoms. The summed E-state index contributed by atoms with van der Waals surface area (Å²) in [6.45, 7) is 1.82. The van der Waals surface area contributed by atoms with E-state index in [2.05, 4.69) is 32.6 Å². The second kappa shape index (κ2) is 4.95. The Labute approximate surface area is 132 Å². The fourth-order valence-electron chi connectivity index (χ4n) is 2.23. The van der Waals surface area contributed by atoms with E-state index >= 15 is 0 Å². The van der Waals surface area contributed by atoms with E-state index in [0.29, 0.717) is 16.3 Å². The van der Waals surface area contributed by atoms with E-state index in [1.807, 2.05) is 6.92 Å². The highest BCUT2D eigenvalue weighted by atomic mass is 127. The molecule has 1 aromatic heterocycles. The third-order valence-electron chi connectivity index (χ3n) is 3.23. The predicted molar refractivity (Wildman–Crippen MR) is 84.8 cm³/mol. The number of carbonyl (C=O) groups is 1. The molecule has 1 amide bonds. The summed E-state index contributed by atoms with van der Waals surface area (Å²) in [6.07, 6.45) is 3.10. The van der Waals surface area contributed by atoms with E-state index in [0.717, 1.165) is 9.26 Å². The van der Waals surface area contributed by atoms with Crippen LogP contribution in [0.15, 0.2) is 24.5 Å². The van der Waals surface area contributed by atoms with Crippen molar-refractivity contribution in [2.24, 2.45) is 0 Å². The molecule has 3 rings (SSSR count). The Hall–Kier alpha value is -2.23. The Bertz CT molecular complexity index is 796. The van der Waals surface area contributed by atoms with Gasteiger partial charge in [0, 0.05) is 14.8 Å². The van der Waals surface area contributed by atoms with Gasteiger partial charge in [-0.2, -0.15) is 0 Å². The normalized spacial score (nSPS) is 15.6. The van der Waals surface area contributed by atoms with E-state index in [9.17, 15) is 14.9 Å². The number of benzene rings is 1. The van der Waals surface area contributed by atoms with Crippen LogP contribution in [-0.2, 0) is 4.79 Å². The molecule has 0 saturated heterocycles. The number of aromatic nitrogens is 2. The molecule has 7 nitrogen and oxygen atoms in total. The number of hydrogen-bond acceptors (Lipinski definition) is 4. The zero-order chi connectivity index (χ0) is 15.1. The zero-order valence-corrected chi connectivity index (χ0v) is 13.0. The van der Waals surface area contributed by atoms with Crippen molar-refractivity contribution in [1.82, 2.24) is 9.97 Å². The van der Waals surface area contributed by atoms with Crippen LogP contribution < -0.4 is 5.01 Å². The highest BCUT2D eigenvalue weighted by molar-refractivity contribution is 14.1. The molecule has 1 aliphatic heterocycles. The molecule has 0 radical (unpaired) electrons. The maximum absolute atomic E-state index is 12.4. The third kappa shape index (κ3) is 2.11. The van der Waals surface area contributed by atoms with Gasteiger partial charge in [-0.3, -0.25) is 4.79 Å². The number of fused-ring (bicyclic) bond motifs is 1. The van der Waals surface area contributed by atoms with E-state index in [1.54, 1.807) is 24.3 Å². The lowest BCUT2D eigenvalue weighted by atomic mass is 10.1. The summed E-state index contributed by atoms with van der Waals surface area (Å²) in [7, 11) is 0. The largest absolute Gasteiger partial charge is 0.348 e. The maximum Gasteiger partial charge on any atom is 0.320 e. The van der Waals surface area contributed by atoms with Crippen LogP contribution in [0.5, 0.6) is 0 Å². The van der Waals surface area contributed by atoms with Crippen molar-refractivity contribution in [2.45, 2.75) is 6.92 Å². The lowest BCUT2D eigenvalue weighted by molar-refractivity contribution is -0.482. The molecule has 0 fully saturated rings. The number of nitrogens with one attached hydrogen (secondary N) is 1. The Kier molecular flexibility index (Phi) is 3.24. The first-order valence-electron chi connectivity index (χ1n) is 6.00. The number of hydrogen-bond donors (Lipinski definition) is 1. The van der Waals surface area contributed by atoms with Crippen molar-refractivity contribution in [2.75, 3.05) is 5.01 Å². The molecular formula is C13H9IN4O3. The minimum absolute atomic E-state index is 0.280. The quantitative estimate of drug-likeness (QED) is 0.365. The van der Waals surface area contributed by atoms with E-state index < -0.39 is 10.9 Å². The summed E-state index contributed by atoms with van der Waals surface area (Å²) >= 11 is 2.06. The summed E-state index contributed by atoms with van der Waals surface area (Å²) in [5.74, 6) is -0.651. The van der Waals surface area contributed by atoms with Gasteiger partial charge < -0.3 is 4.98 Å². The SMILES string of the molecule is Cc1[nH]cnc1C=C1C(=O)N([N+](=O)[O-])c2cccc(I)c21. The molecule has 0 saturated carbocycles. The van der Waals surface area contributed by atoms with Crippen LogP contribution in [0.25, 0.3) is 11.6 Å². The first-order valence-corrected chi connectivity index (χ1v) is 7.08. The van der Waals surface area contributed by atoms with Gasteiger partial charge in [0.05, 0.1) is 17.6 Å². The van der Waals surface area contributed by atoms with Crippen LogP contribution >= 0.6 is 22.6 Å². The predicted octanol–water partition coefficient (Wildman–Crippen LogP) is 2.40. The molecule has 21 heavy (non-hydrogen) atoms. The van der Waals surface area contributed by atoms with Crippen LogP contribution in [0, 0.1) is 20.6 Å². The number of anilines is 1. The van der Waals surface area contributed by atoms with Crippen LogP contribution in [0.1, 0.15) is 17.0 Å². The van der Waals surface area contributed by atoms with Crippen molar-refractivity contribution in [1.29, 1.82) is 0 Å². The molecule has 0 unspecified atom stereocenters. The molecule has 0 spiro atoms. The second-order valence-electron chi connectivity index (χ2n) is 4.46. The van der Waals surface area contributed by atoms with Gasteiger partial charge in [0.1, 0.15) is 5.69 Å². The number of rotatable bonds is 2. The number of hydrazine groups is 1. The van der Waals surface area contributed by atoms with Crippen molar-refractivity contribution < 1.29 is 9.83 Å². The fraction of sp³-hybridized carbons (Fsp3) is 0.0769. The van der Waals surface area contributed by atoms with Gasteiger partial charge in [-0.15, -0.1) is 0 Å². The Morgan fingerprint density at radius 1 is 1.48 bits per heavy atom. The number of aromatic amines is 1. The minimum atomic E-state index is -0.699. The fourth-order valence-corrected chi connectivity index (χ4v) is 3.01. The lowest BCUT2D eigenvalue weighted by Gasteiger charge is -2.04. The van der Waals surface area contributed by atoms with Gasteiger partial charge in [-0.05, 0) is 52.7 Å². The highest BCUT2D eigenvalue weighted by Gasteiger charge is 2.41. The standard InChI is InChI=1S/C13H9IN4O3/c1-7-10(16-6-15-7)5-8-12-9(14)3-2-4-11(12)17(13(8)19)18(20)21/h2-6H,1H3,(H,15,16). The first-order chi connectivity index (χ1) is 10.0. The Balaban J connectivity index is 2.24. The zero-order valence-electron chi connectivity index (χ0n) is 10.8. The molecule has 106 valence electrons. The number of carbonyl (C=O) groups excluding carboxylic acids is 1. The Morgan fingerprint density at radius 2 is 2.24 bits per heavy atom. The summed E-state index contributed by atoms with van der Waals surface area (Å²) in [4.78, 5) is 30.6. The second-order valence-corrected chi connectivity index (χ2v) is 5.62. The van der Waals surface area contributed by atoms with Gasteiger partial charge in [-0.25, -0.2) is 15.1 Å². The molecule has 2 heterocycles. The van der Waals surface area contributed by atoms with Gasteiger partial charge in [-0.1, -0.05) is 6.07 Å². The average molecular weight is 396 g/mol. The van der Waals surface area contributed by atoms with E-state index in [4.69, 9.17) is 0 Å². The van der Waals surface area contributed by atoms with Crippen LogP contribution in [-0.4, -0.2) is 20.9 Å². The topological polar surface area (TPSA) is 92.1 Å². The van der Waals surface area contributed by atoms with Crippen LogP contribution in [0.2, 0.25) is 0 Å². The van der Waals surface area contributed by atoms with E-state index in [-0.39, 0.29) is 11.3 Å². The summed E-state index contributed by atoms with van der Waals surface area (Å²) < 4.78 is 0.780. The summed E-state index contributed by atoms with van der Waals surface area (Å²) in [5.41, 5.74) is 2.52. The van der Waals surface area contributed by atoms with Gasteiger partial charge >= 0.3 is 5.91 Å². The lowest BCUT2D eigenvalue weighted by Crippen LogP contribution is -2.32. The third-order valence-corrected chi connectivity index (χ3v) is 4.12. The van der Waals surface area contributed by atoms with Crippen LogP contribution in [0.4, 0.5) is 5.69 Å². The first kappa shape index (κ1) is 13.7. The minimum Gasteiger partial charge on any atom is -0.348 e. The molecule has 0 bridgehead atoms. The van der Waals surface area contributed by atoms with Crippen molar-refractivity contribution in [3.63, 3.8) is 0 Å². The van der Waals surface area contributed by atoms with Crippen molar-refractivity contribution in [3.05, 3.63) is 55.2 Å².